The number of esters is 1. The molecule has 0 unspecified atom stereocenters. The van der Waals surface area contributed by atoms with Crippen molar-refractivity contribution in [3.63, 3.8) is 0 Å². The van der Waals surface area contributed by atoms with Gasteiger partial charge in [-0.25, -0.2) is 4.79 Å². The summed E-state index contributed by atoms with van der Waals surface area (Å²) >= 11 is 0. The largest absolute Gasteiger partial charge is 0.494 e. The fourth-order valence-electron chi connectivity index (χ4n) is 4.57. The van der Waals surface area contributed by atoms with E-state index in [9.17, 15) is 4.79 Å². The maximum atomic E-state index is 12.9. The molecule has 0 aliphatic heterocycles. The van der Waals surface area contributed by atoms with Crippen LogP contribution in [0.3, 0.4) is 0 Å². The Labute approximate surface area is 221 Å². The van der Waals surface area contributed by atoms with E-state index in [2.05, 4.69) is 32.9 Å². The second-order valence-electron chi connectivity index (χ2n) is 10.0. The average molecular weight is 495 g/mol. The lowest BCUT2D eigenvalue weighted by molar-refractivity contribution is 0.0733. The second-order valence-corrected chi connectivity index (χ2v) is 10.0. The van der Waals surface area contributed by atoms with Crippen LogP contribution >= 0.6 is 0 Å². The topological polar surface area (TPSA) is 35.5 Å². The zero-order valence-electron chi connectivity index (χ0n) is 23.3. The third-order valence-corrected chi connectivity index (χ3v) is 6.90. The Morgan fingerprint density at radius 1 is 0.639 bits per heavy atom. The minimum Gasteiger partial charge on any atom is -0.494 e. The van der Waals surface area contributed by atoms with Crippen molar-refractivity contribution in [2.75, 3.05) is 6.61 Å². The number of rotatable bonds is 20. The lowest BCUT2D eigenvalue weighted by Crippen LogP contribution is -2.11. The van der Waals surface area contributed by atoms with Gasteiger partial charge in [0.25, 0.3) is 0 Å². The van der Waals surface area contributed by atoms with E-state index < -0.39 is 0 Å². The molecule has 2 rings (SSSR count). The first-order chi connectivity index (χ1) is 17.7. The summed E-state index contributed by atoms with van der Waals surface area (Å²) in [5.41, 5.74) is 2.89. The quantitative estimate of drug-likeness (QED) is 0.104. The van der Waals surface area contributed by atoms with Crippen molar-refractivity contribution < 1.29 is 14.3 Å². The number of hydrogen-bond acceptors (Lipinski definition) is 3. The molecule has 3 heteroatoms. The number of carbonyl (C=O) groups excluding carboxylic acids is 1. The number of hydrogen-bond donors (Lipinski definition) is 0. The van der Waals surface area contributed by atoms with Crippen LogP contribution in [0, 0.1) is 0 Å². The Balaban J connectivity index is 1.74. The fourth-order valence-corrected chi connectivity index (χ4v) is 4.57. The average Bonchev–Trinajstić information content (AvgIpc) is 2.90. The van der Waals surface area contributed by atoms with Gasteiger partial charge in [-0.15, -0.1) is 0 Å². The summed E-state index contributed by atoms with van der Waals surface area (Å²) in [4.78, 5) is 12.9. The molecule has 36 heavy (non-hydrogen) atoms. The van der Waals surface area contributed by atoms with Gasteiger partial charge in [0.15, 0.2) is 0 Å². The highest BCUT2D eigenvalue weighted by atomic mass is 16.5. The number of ether oxygens (including phenoxy) is 2. The Morgan fingerprint density at radius 2 is 1.19 bits per heavy atom. The molecule has 0 atom stereocenters. The lowest BCUT2D eigenvalue weighted by atomic mass is 10.0. The van der Waals surface area contributed by atoms with E-state index in [1.54, 1.807) is 0 Å². The molecule has 2 aromatic carbocycles. The van der Waals surface area contributed by atoms with E-state index in [4.69, 9.17) is 9.47 Å². The van der Waals surface area contributed by atoms with E-state index in [-0.39, 0.29) is 5.97 Å². The molecule has 0 spiro atoms. The molecule has 200 valence electrons. The first-order valence-corrected chi connectivity index (χ1v) is 14.7. The van der Waals surface area contributed by atoms with Crippen LogP contribution in [-0.2, 0) is 12.8 Å². The molecule has 0 aliphatic carbocycles. The fraction of sp³-hybridized carbons (Fsp3) is 0.606. The highest BCUT2D eigenvalue weighted by Gasteiger charge is 2.14. The summed E-state index contributed by atoms with van der Waals surface area (Å²) in [6.07, 6.45) is 20.0. The maximum absolute atomic E-state index is 12.9. The molecule has 0 bridgehead atoms. The first kappa shape index (κ1) is 29.9. The van der Waals surface area contributed by atoms with Crippen LogP contribution < -0.4 is 9.47 Å². The lowest BCUT2D eigenvalue weighted by Gasteiger charge is -2.12. The predicted octanol–water partition coefficient (Wildman–Crippen LogP) is 9.89. The Hall–Kier alpha value is -2.29. The molecule has 0 radical (unpaired) electrons. The molecule has 3 nitrogen and oxygen atoms in total. The molecule has 0 aliphatic rings. The van der Waals surface area contributed by atoms with Gasteiger partial charge >= 0.3 is 5.97 Å². The first-order valence-electron chi connectivity index (χ1n) is 14.7. The smallest absolute Gasteiger partial charge is 0.343 e. The summed E-state index contributed by atoms with van der Waals surface area (Å²) in [7, 11) is 0. The highest BCUT2D eigenvalue weighted by Crippen LogP contribution is 2.22. The molecule has 0 saturated heterocycles. The van der Waals surface area contributed by atoms with Gasteiger partial charge in [-0.1, -0.05) is 110 Å². The number of benzene rings is 2. The van der Waals surface area contributed by atoms with Gasteiger partial charge in [-0.05, 0) is 67.1 Å². The predicted molar refractivity (Wildman–Crippen MR) is 152 cm³/mol. The molecule has 2 aromatic rings. The number of carbonyl (C=O) groups is 1. The third kappa shape index (κ3) is 12.1. The van der Waals surface area contributed by atoms with Crippen molar-refractivity contribution in [3.05, 3.63) is 59.2 Å². The maximum Gasteiger partial charge on any atom is 0.343 e. The minimum absolute atomic E-state index is 0.301. The Morgan fingerprint density at radius 3 is 1.81 bits per heavy atom. The minimum atomic E-state index is -0.301. The van der Waals surface area contributed by atoms with E-state index >= 15 is 0 Å². The van der Waals surface area contributed by atoms with Crippen molar-refractivity contribution in [3.8, 4) is 11.5 Å². The Kier molecular flexibility index (Phi) is 15.7. The normalized spacial score (nSPS) is 11.0. The van der Waals surface area contributed by atoms with Crippen LogP contribution in [0.4, 0.5) is 0 Å². The van der Waals surface area contributed by atoms with E-state index in [1.165, 1.54) is 89.0 Å². The molecular weight excluding hydrogens is 444 g/mol. The van der Waals surface area contributed by atoms with Crippen LogP contribution in [0.15, 0.2) is 42.5 Å². The van der Waals surface area contributed by atoms with Gasteiger partial charge in [0.05, 0.1) is 12.2 Å². The highest BCUT2D eigenvalue weighted by molar-refractivity contribution is 5.92. The molecule has 0 aromatic heterocycles. The monoisotopic (exact) mass is 494 g/mol. The van der Waals surface area contributed by atoms with Gasteiger partial charge in [0.2, 0.25) is 0 Å². The zero-order valence-corrected chi connectivity index (χ0v) is 23.3. The summed E-state index contributed by atoms with van der Waals surface area (Å²) in [5, 5.41) is 0. The van der Waals surface area contributed by atoms with Crippen LogP contribution in [0.25, 0.3) is 0 Å². The SMILES string of the molecule is CCCCCCCCCCOc1ccc(C(=O)Oc2ccc(CCCCCCCC)cc2)c(CC)c1. The van der Waals surface area contributed by atoms with Gasteiger partial charge < -0.3 is 9.47 Å². The molecule has 0 N–H and O–H groups in total. The van der Waals surface area contributed by atoms with Crippen LogP contribution in [0.1, 0.15) is 132 Å². The van der Waals surface area contributed by atoms with Gasteiger partial charge in [-0.2, -0.15) is 0 Å². The van der Waals surface area contributed by atoms with Crippen LogP contribution in [-0.4, -0.2) is 12.6 Å². The van der Waals surface area contributed by atoms with Gasteiger partial charge in [0.1, 0.15) is 11.5 Å². The van der Waals surface area contributed by atoms with E-state index in [0.717, 1.165) is 37.2 Å². The number of aryl methyl sites for hydroxylation is 2. The summed E-state index contributed by atoms with van der Waals surface area (Å²) in [6, 6.07) is 13.7. The van der Waals surface area contributed by atoms with Crippen LogP contribution in [0.5, 0.6) is 11.5 Å². The van der Waals surface area contributed by atoms with Crippen molar-refractivity contribution in [2.24, 2.45) is 0 Å². The molecule has 0 saturated carbocycles. The molecule has 0 heterocycles. The van der Waals surface area contributed by atoms with Gasteiger partial charge in [0, 0.05) is 0 Å². The summed E-state index contributed by atoms with van der Waals surface area (Å²) in [6.45, 7) is 7.30. The molecule has 0 amide bonds. The summed E-state index contributed by atoms with van der Waals surface area (Å²) in [5.74, 6) is 1.14. The third-order valence-electron chi connectivity index (χ3n) is 6.90. The molecule has 0 fully saturated rings. The molecular formula is C33H50O3. The zero-order chi connectivity index (χ0) is 25.8. The standard InChI is InChI=1S/C33H50O3/c1-4-7-9-11-13-14-16-18-26-35-31-24-25-32(29(6-3)27-31)33(34)36-30-22-20-28(21-23-30)19-17-15-12-10-8-5-2/h20-25,27H,4-19,26H2,1-3H3. The van der Waals surface area contributed by atoms with Gasteiger partial charge in [-0.3, -0.25) is 0 Å². The summed E-state index contributed by atoms with van der Waals surface area (Å²) < 4.78 is 11.7. The van der Waals surface area contributed by atoms with Crippen molar-refractivity contribution >= 4 is 5.97 Å². The van der Waals surface area contributed by atoms with E-state index in [1.807, 2.05) is 30.3 Å². The van der Waals surface area contributed by atoms with Crippen LogP contribution in [0.2, 0.25) is 0 Å². The van der Waals surface area contributed by atoms with E-state index in [0.29, 0.717) is 11.3 Å². The second kappa shape index (κ2) is 18.9. The van der Waals surface area contributed by atoms with Crippen molar-refractivity contribution in [1.29, 1.82) is 0 Å². The number of unbranched alkanes of at least 4 members (excludes halogenated alkanes) is 12. The van der Waals surface area contributed by atoms with Crippen molar-refractivity contribution in [2.45, 2.75) is 124 Å². The van der Waals surface area contributed by atoms with Crippen molar-refractivity contribution in [1.82, 2.24) is 0 Å². The Bertz CT molecular complexity index is 841.